The smallest absolute Gasteiger partial charge is 0.0476 e. The van der Waals surface area contributed by atoms with Crippen LogP contribution in [0.5, 0.6) is 0 Å². The molecule has 0 aliphatic carbocycles. The Bertz CT molecular complexity index is 337. The van der Waals surface area contributed by atoms with Crippen LogP contribution in [-0.2, 0) is 0 Å². The normalized spacial score (nSPS) is 22.7. The first-order valence-corrected chi connectivity index (χ1v) is 6.10. The van der Waals surface area contributed by atoms with E-state index in [2.05, 4.69) is 40.5 Å². The van der Waals surface area contributed by atoms with Crippen LogP contribution < -0.4 is 5.32 Å². The van der Waals surface area contributed by atoms with E-state index in [0.29, 0.717) is 6.04 Å². The van der Waals surface area contributed by atoms with E-state index in [0.717, 1.165) is 26.2 Å². The molecule has 1 aromatic carbocycles. The van der Waals surface area contributed by atoms with Crippen LogP contribution in [0.25, 0.3) is 0 Å². The largest absolute Gasteiger partial charge is 0.314 e. The third-order valence-corrected chi connectivity index (χ3v) is 3.15. The third-order valence-electron chi connectivity index (χ3n) is 2.97. The first-order chi connectivity index (χ1) is 7.92. The molecular weight excluding hydrogens is 220 g/mol. The predicted octanol–water partition coefficient (Wildman–Crippen LogP) is 2.39. The lowest BCUT2D eigenvalue weighted by Crippen LogP contribution is -2.45. The summed E-state index contributed by atoms with van der Waals surface area (Å²) >= 11 is 5.59. The van der Waals surface area contributed by atoms with Gasteiger partial charge >= 0.3 is 0 Å². The zero-order valence-corrected chi connectivity index (χ0v) is 10.0. The summed E-state index contributed by atoms with van der Waals surface area (Å²) in [6, 6.07) is 11.1. The minimum absolute atomic E-state index is 0.461. The van der Waals surface area contributed by atoms with Crippen molar-refractivity contribution in [3.63, 3.8) is 0 Å². The van der Waals surface area contributed by atoms with Gasteiger partial charge < -0.3 is 5.32 Å². The van der Waals surface area contributed by atoms with Crippen molar-refractivity contribution in [3.05, 3.63) is 47.5 Å². The minimum atomic E-state index is 0.461. The molecule has 0 saturated carbocycles. The molecule has 1 fully saturated rings. The topological polar surface area (TPSA) is 15.3 Å². The number of nitrogens with one attached hydrogen (secondary N) is 1. The van der Waals surface area contributed by atoms with Gasteiger partial charge in [-0.3, -0.25) is 4.90 Å². The molecule has 86 valence electrons. The fourth-order valence-corrected chi connectivity index (χ4v) is 2.22. The van der Waals surface area contributed by atoms with Crippen LogP contribution in [0.15, 0.2) is 41.9 Å². The number of benzene rings is 1. The van der Waals surface area contributed by atoms with Crippen molar-refractivity contribution in [1.29, 1.82) is 0 Å². The first-order valence-electron chi connectivity index (χ1n) is 5.67. The van der Waals surface area contributed by atoms with E-state index >= 15 is 0 Å². The number of halogens is 1. The second-order valence-electron chi connectivity index (χ2n) is 3.99. The van der Waals surface area contributed by atoms with Gasteiger partial charge in [0.05, 0.1) is 0 Å². The number of hydrogen-bond acceptors (Lipinski definition) is 2. The second kappa shape index (κ2) is 6.04. The Labute approximate surface area is 102 Å². The van der Waals surface area contributed by atoms with Crippen molar-refractivity contribution in [2.24, 2.45) is 0 Å². The van der Waals surface area contributed by atoms with Gasteiger partial charge in [-0.05, 0) is 5.56 Å². The van der Waals surface area contributed by atoms with Gasteiger partial charge in [0.15, 0.2) is 0 Å². The molecule has 1 aliphatic rings. The van der Waals surface area contributed by atoms with Crippen molar-refractivity contribution in [1.82, 2.24) is 10.2 Å². The molecule has 3 heteroatoms. The molecule has 2 nitrogen and oxygen atoms in total. The first kappa shape index (κ1) is 11.6. The molecule has 1 aromatic rings. The highest BCUT2D eigenvalue weighted by molar-refractivity contribution is 6.25. The lowest BCUT2D eigenvalue weighted by molar-refractivity contribution is 0.180. The Morgan fingerprint density at radius 2 is 2.19 bits per heavy atom. The SMILES string of the molecule is Cl/C=C/CN1CCNCC1c1ccccc1. The van der Waals surface area contributed by atoms with Gasteiger partial charge in [-0.2, -0.15) is 0 Å². The van der Waals surface area contributed by atoms with Crippen molar-refractivity contribution in [2.45, 2.75) is 6.04 Å². The van der Waals surface area contributed by atoms with E-state index in [4.69, 9.17) is 11.6 Å². The Balaban J connectivity index is 2.10. The molecule has 16 heavy (non-hydrogen) atoms. The van der Waals surface area contributed by atoms with Crippen LogP contribution in [0.3, 0.4) is 0 Å². The lowest BCUT2D eigenvalue weighted by atomic mass is 10.0. The Hall–Kier alpha value is -0.830. The van der Waals surface area contributed by atoms with Gasteiger partial charge in [-0.1, -0.05) is 48.0 Å². The number of piperazine rings is 1. The third kappa shape index (κ3) is 2.85. The fraction of sp³-hybridized carbons (Fsp3) is 0.385. The number of rotatable bonds is 3. The Morgan fingerprint density at radius 1 is 1.38 bits per heavy atom. The van der Waals surface area contributed by atoms with E-state index < -0.39 is 0 Å². The molecule has 1 atom stereocenters. The molecule has 2 rings (SSSR count). The monoisotopic (exact) mass is 236 g/mol. The van der Waals surface area contributed by atoms with E-state index in [1.165, 1.54) is 5.56 Å². The van der Waals surface area contributed by atoms with Gasteiger partial charge in [0, 0.05) is 37.8 Å². The van der Waals surface area contributed by atoms with E-state index in [1.54, 1.807) is 5.54 Å². The second-order valence-corrected chi connectivity index (χ2v) is 4.24. The van der Waals surface area contributed by atoms with E-state index in [1.807, 2.05) is 6.08 Å². The van der Waals surface area contributed by atoms with Crippen molar-refractivity contribution >= 4 is 11.6 Å². The molecule has 1 N–H and O–H groups in total. The summed E-state index contributed by atoms with van der Waals surface area (Å²) in [6.45, 7) is 4.06. The average Bonchev–Trinajstić information content (AvgIpc) is 2.38. The number of hydrogen-bond donors (Lipinski definition) is 1. The summed E-state index contributed by atoms with van der Waals surface area (Å²) in [7, 11) is 0. The predicted molar refractivity (Wildman–Crippen MR) is 68.6 cm³/mol. The van der Waals surface area contributed by atoms with Crippen molar-refractivity contribution in [2.75, 3.05) is 26.2 Å². The molecule has 1 heterocycles. The van der Waals surface area contributed by atoms with E-state index in [-0.39, 0.29) is 0 Å². The van der Waals surface area contributed by atoms with Gasteiger partial charge in [0.1, 0.15) is 0 Å². The summed E-state index contributed by atoms with van der Waals surface area (Å²) in [6.07, 6.45) is 2.00. The summed E-state index contributed by atoms with van der Waals surface area (Å²) in [5.41, 5.74) is 2.97. The van der Waals surface area contributed by atoms with Crippen LogP contribution >= 0.6 is 11.6 Å². The zero-order chi connectivity index (χ0) is 11.2. The Morgan fingerprint density at radius 3 is 2.94 bits per heavy atom. The maximum Gasteiger partial charge on any atom is 0.0476 e. The average molecular weight is 237 g/mol. The standard InChI is InChI=1S/C13H17ClN2/c14-7-4-9-16-10-8-15-11-13(16)12-5-2-1-3-6-12/h1-7,13,15H,8-11H2/b7-4+. The molecule has 0 radical (unpaired) electrons. The molecule has 0 bridgehead atoms. The summed E-state index contributed by atoms with van der Waals surface area (Å²) < 4.78 is 0. The quantitative estimate of drug-likeness (QED) is 0.867. The van der Waals surface area contributed by atoms with Gasteiger partial charge in [-0.25, -0.2) is 0 Å². The molecule has 0 amide bonds. The van der Waals surface area contributed by atoms with Crippen molar-refractivity contribution < 1.29 is 0 Å². The minimum Gasteiger partial charge on any atom is -0.314 e. The highest BCUT2D eigenvalue weighted by Gasteiger charge is 2.22. The van der Waals surface area contributed by atoms with Crippen LogP contribution in [-0.4, -0.2) is 31.1 Å². The molecular formula is C13H17ClN2. The number of nitrogens with zero attached hydrogens (tertiary/aromatic N) is 1. The highest BCUT2D eigenvalue weighted by Crippen LogP contribution is 2.21. The molecule has 1 saturated heterocycles. The molecule has 1 aliphatic heterocycles. The zero-order valence-electron chi connectivity index (χ0n) is 9.27. The van der Waals surface area contributed by atoms with Crippen molar-refractivity contribution in [3.8, 4) is 0 Å². The lowest BCUT2D eigenvalue weighted by Gasteiger charge is -2.35. The summed E-state index contributed by atoms with van der Waals surface area (Å²) in [4.78, 5) is 2.45. The Kier molecular flexibility index (Phi) is 4.40. The van der Waals surface area contributed by atoms with Crippen LogP contribution in [0, 0.1) is 0 Å². The van der Waals surface area contributed by atoms with Gasteiger partial charge in [0.2, 0.25) is 0 Å². The van der Waals surface area contributed by atoms with Crippen LogP contribution in [0.2, 0.25) is 0 Å². The van der Waals surface area contributed by atoms with Gasteiger partial charge in [0.25, 0.3) is 0 Å². The van der Waals surface area contributed by atoms with Crippen LogP contribution in [0.4, 0.5) is 0 Å². The highest BCUT2D eigenvalue weighted by atomic mass is 35.5. The summed E-state index contributed by atoms with van der Waals surface area (Å²) in [5, 5.41) is 3.44. The fourth-order valence-electron chi connectivity index (χ4n) is 2.14. The molecule has 1 unspecified atom stereocenters. The maximum atomic E-state index is 5.59. The van der Waals surface area contributed by atoms with E-state index in [9.17, 15) is 0 Å². The summed E-state index contributed by atoms with van der Waals surface area (Å²) in [5.74, 6) is 0. The molecule has 0 aromatic heterocycles. The molecule has 0 spiro atoms. The van der Waals surface area contributed by atoms with Crippen LogP contribution in [0.1, 0.15) is 11.6 Å². The maximum absolute atomic E-state index is 5.59. The van der Waals surface area contributed by atoms with Gasteiger partial charge in [-0.15, -0.1) is 0 Å².